The van der Waals surface area contributed by atoms with Crippen LogP contribution in [0.25, 0.3) is 0 Å². The predicted octanol–water partition coefficient (Wildman–Crippen LogP) is 2.00. The van der Waals surface area contributed by atoms with E-state index in [0.717, 1.165) is 17.1 Å². The van der Waals surface area contributed by atoms with Crippen molar-refractivity contribution in [3.63, 3.8) is 0 Å². The second-order valence-electron chi connectivity index (χ2n) is 8.19. The van der Waals surface area contributed by atoms with Crippen LogP contribution >= 0.6 is 11.5 Å². The predicted molar refractivity (Wildman–Crippen MR) is 145 cm³/mol. The van der Waals surface area contributed by atoms with Gasteiger partial charge in [-0.15, -0.1) is 0 Å². The van der Waals surface area contributed by atoms with Gasteiger partial charge in [0.25, 0.3) is 11.8 Å². The van der Waals surface area contributed by atoms with E-state index in [1.54, 1.807) is 12.1 Å². The summed E-state index contributed by atoms with van der Waals surface area (Å²) in [5.41, 5.74) is 12.3. The van der Waals surface area contributed by atoms with Gasteiger partial charge in [-0.3, -0.25) is 14.4 Å². The summed E-state index contributed by atoms with van der Waals surface area (Å²) in [6.45, 7) is 0.306. The number of nitrogens with zero attached hydrogens (tertiary/aromatic N) is 2. The maximum atomic E-state index is 13.9. The zero-order valence-corrected chi connectivity index (χ0v) is 22.9. The molecule has 3 aromatic rings. The first-order valence-corrected chi connectivity index (χ1v) is 12.5. The lowest BCUT2D eigenvalue weighted by molar-refractivity contribution is -0.126. The molecule has 0 aliphatic rings. The fraction of sp³-hybridized carbons (Fsp3) is 0.308. The van der Waals surface area contributed by atoms with Gasteiger partial charge in [0.05, 0.1) is 33.6 Å². The van der Waals surface area contributed by atoms with Gasteiger partial charge >= 0.3 is 0 Å². The fourth-order valence-electron chi connectivity index (χ4n) is 3.91. The maximum Gasteiger partial charge on any atom is 0.270 e. The molecule has 0 bridgehead atoms. The van der Waals surface area contributed by atoms with E-state index in [1.807, 2.05) is 30.3 Å². The van der Waals surface area contributed by atoms with Crippen LogP contribution < -0.4 is 31.0 Å². The first-order chi connectivity index (χ1) is 18.8. The monoisotopic (exact) mass is 557 g/mol. The lowest BCUT2D eigenvalue weighted by Gasteiger charge is -2.31. The smallest absolute Gasteiger partial charge is 0.270 e. The van der Waals surface area contributed by atoms with E-state index in [1.165, 1.54) is 33.3 Å². The number of carbonyl (C=O) groups excluding carboxylic acids is 3. The summed E-state index contributed by atoms with van der Waals surface area (Å²) in [5.74, 6) is -1.09. The van der Waals surface area contributed by atoms with Crippen molar-refractivity contribution < 1.29 is 33.3 Å². The van der Waals surface area contributed by atoms with Gasteiger partial charge in [0, 0.05) is 20.2 Å². The summed E-state index contributed by atoms with van der Waals surface area (Å²) in [7, 11) is 5.83. The lowest BCUT2D eigenvalue weighted by atomic mass is 10.0. The molecule has 0 saturated heterocycles. The zero-order chi connectivity index (χ0) is 28.5. The minimum absolute atomic E-state index is 0.00133. The van der Waals surface area contributed by atoms with E-state index in [4.69, 9.17) is 30.4 Å². The Hall–Kier alpha value is -4.36. The van der Waals surface area contributed by atoms with Crippen molar-refractivity contribution in [1.29, 1.82) is 0 Å². The molecule has 5 N–H and O–H groups in total. The van der Waals surface area contributed by atoms with Gasteiger partial charge in [0.2, 0.25) is 11.7 Å². The number of aromatic nitrogens is 1. The van der Waals surface area contributed by atoms with E-state index in [0.29, 0.717) is 22.8 Å². The number of ether oxygens (including phenoxy) is 4. The van der Waals surface area contributed by atoms with Crippen LogP contribution in [0.5, 0.6) is 17.2 Å². The largest absolute Gasteiger partial charge is 0.493 e. The topological polar surface area (TPSA) is 168 Å². The molecule has 0 spiro atoms. The highest BCUT2D eigenvalue weighted by atomic mass is 32.1. The van der Waals surface area contributed by atoms with E-state index < -0.39 is 23.8 Å². The Balaban J connectivity index is 2.14. The quantitative estimate of drug-likeness (QED) is 0.285. The third kappa shape index (κ3) is 6.56. The highest BCUT2D eigenvalue weighted by molar-refractivity contribution is 7.09. The highest BCUT2D eigenvalue weighted by Gasteiger charge is 2.36. The number of rotatable bonds is 13. The Kier molecular flexibility index (Phi) is 10.1. The van der Waals surface area contributed by atoms with Crippen LogP contribution in [0.1, 0.15) is 37.3 Å². The van der Waals surface area contributed by atoms with Crippen LogP contribution in [0, 0.1) is 0 Å². The molecule has 3 amide bonds. The average Bonchev–Trinajstić information content (AvgIpc) is 3.34. The Morgan fingerprint density at radius 2 is 1.67 bits per heavy atom. The molecule has 1 atom stereocenters. The molecule has 0 saturated carbocycles. The lowest BCUT2D eigenvalue weighted by Crippen LogP contribution is -2.45. The maximum absolute atomic E-state index is 13.9. The second kappa shape index (κ2) is 13.4. The Morgan fingerprint density at radius 1 is 1.03 bits per heavy atom. The third-order valence-corrected chi connectivity index (χ3v) is 6.68. The molecule has 0 fully saturated rings. The van der Waals surface area contributed by atoms with Crippen molar-refractivity contribution in [2.45, 2.75) is 12.6 Å². The molecule has 1 aromatic heterocycles. The van der Waals surface area contributed by atoms with Crippen LogP contribution in [0.3, 0.4) is 0 Å². The van der Waals surface area contributed by atoms with Gasteiger partial charge in [0.15, 0.2) is 17.2 Å². The summed E-state index contributed by atoms with van der Waals surface area (Å²) in [4.78, 5) is 40.7. The molecule has 0 unspecified atom stereocenters. The van der Waals surface area contributed by atoms with Crippen molar-refractivity contribution in [1.82, 2.24) is 14.6 Å². The Labute approximate surface area is 229 Å². The number of nitrogen functional groups attached to an aromatic ring is 1. The van der Waals surface area contributed by atoms with Crippen LogP contribution in [0.15, 0.2) is 42.5 Å². The molecule has 0 aliphatic carbocycles. The Bertz CT molecular complexity index is 1290. The summed E-state index contributed by atoms with van der Waals surface area (Å²) >= 11 is 0.721. The van der Waals surface area contributed by atoms with Crippen molar-refractivity contribution in [3.8, 4) is 17.2 Å². The standard InChI is InChI=1S/C26H31N5O7S/c1-35-11-10-31(26(34)23-19(27)20(24(28)32)30-39-23)21(25(33)29-14-15-8-6-5-7-9-15)16-12-17(36-2)22(38-4)18(13-16)37-3/h5-9,12-13,21H,10-11,14,27H2,1-4H3,(H2,28,32)(H,29,33)/t21-/m0/s1. The number of primary amides is 1. The molecule has 0 radical (unpaired) electrons. The van der Waals surface area contributed by atoms with Gasteiger partial charge in [-0.05, 0) is 34.8 Å². The highest BCUT2D eigenvalue weighted by Crippen LogP contribution is 2.41. The van der Waals surface area contributed by atoms with Crippen LogP contribution in [-0.2, 0) is 16.1 Å². The molecule has 39 heavy (non-hydrogen) atoms. The molecule has 2 aromatic carbocycles. The van der Waals surface area contributed by atoms with Gasteiger partial charge in [0.1, 0.15) is 10.9 Å². The summed E-state index contributed by atoms with van der Waals surface area (Å²) in [6.07, 6.45) is 0. The normalized spacial score (nSPS) is 11.4. The van der Waals surface area contributed by atoms with Crippen LogP contribution in [0.4, 0.5) is 5.69 Å². The van der Waals surface area contributed by atoms with E-state index >= 15 is 0 Å². The van der Waals surface area contributed by atoms with Crippen LogP contribution in [0.2, 0.25) is 0 Å². The van der Waals surface area contributed by atoms with Gasteiger partial charge in [-0.1, -0.05) is 30.3 Å². The summed E-state index contributed by atoms with van der Waals surface area (Å²) < 4.78 is 25.6. The molecule has 0 aliphatic heterocycles. The molecule has 1 heterocycles. The minimum atomic E-state index is -1.19. The average molecular weight is 558 g/mol. The molecular weight excluding hydrogens is 526 g/mol. The van der Waals surface area contributed by atoms with Crippen molar-refractivity contribution >= 4 is 34.9 Å². The zero-order valence-electron chi connectivity index (χ0n) is 22.1. The SMILES string of the molecule is COCCN(C(=O)c1snc(C(N)=O)c1N)[C@H](C(=O)NCc1ccccc1)c1cc(OC)c(OC)c(OC)c1. The molecule has 208 valence electrons. The number of hydrogen-bond donors (Lipinski definition) is 3. The number of anilines is 1. The minimum Gasteiger partial charge on any atom is -0.493 e. The van der Waals surface area contributed by atoms with Crippen molar-refractivity contribution in [2.24, 2.45) is 5.73 Å². The van der Waals surface area contributed by atoms with E-state index in [9.17, 15) is 14.4 Å². The first-order valence-electron chi connectivity index (χ1n) is 11.7. The van der Waals surface area contributed by atoms with Crippen LogP contribution in [-0.4, -0.2) is 68.6 Å². The number of methoxy groups -OCH3 is 4. The number of nitrogens with one attached hydrogen (secondary N) is 1. The number of benzene rings is 2. The van der Waals surface area contributed by atoms with Crippen molar-refractivity contribution in [2.75, 3.05) is 47.3 Å². The second-order valence-corrected chi connectivity index (χ2v) is 8.97. The van der Waals surface area contributed by atoms with Gasteiger partial charge in [-0.25, -0.2) is 0 Å². The van der Waals surface area contributed by atoms with E-state index in [2.05, 4.69) is 9.69 Å². The fourth-order valence-corrected chi connectivity index (χ4v) is 4.67. The van der Waals surface area contributed by atoms with E-state index in [-0.39, 0.29) is 36.0 Å². The van der Waals surface area contributed by atoms with Gasteiger partial charge in [-0.2, -0.15) is 4.37 Å². The van der Waals surface area contributed by atoms with Gasteiger partial charge < -0.3 is 40.6 Å². The molecule has 12 nitrogen and oxygen atoms in total. The van der Waals surface area contributed by atoms with Crippen molar-refractivity contribution in [3.05, 3.63) is 64.2 Å². The summed E-state index contributed by atoms with van der Waals surface area (Å²) in [6, 6.07) is 11.3. The first kappa shape index (κ1) is 29.2. The number of nitrogens with two attached hydrogens (primary N) is 2. The number of amides is 3. The number of hydrogen-bond acceptors (Lipinski definition) is 10. The Morgan fingerprint density at radius 3 is 2.18 bits per heavy atom. The molecular formula is C26H31N5O7S. The molecule has 3 rings (SSSR count). The number of carbonyl (C=O) groups is 3. The third-order valence-electron chi connectivity index (χ3n) is 5.83. The summed E-state index contributed by atoms with van der Waals surface area (Å²) in [5, 5.41) is 2.90. The molecule has 13 heteroatoms.